The van der Waals surface area contributed by atoms with Crippen LogP contribution in [0, 0.1) is 11.3 Å². The molecule has 0 aliphatic carbocycles. The maximum atomic E-state index is 12.5. The molecule has 7 nitrogen and oxygen atoms in total. The molecule has 0 spiro atoms. The van der Waals surface area contributed by atoms with Crippen LogP contribution in [0.1, 0.15) is 29.8 Å². The molecule has 3 heterocycles. The molecule has 0 aliphatic rings. The summed E-state index contributed by atoms with van der Waals surface area (Å²) in [5.74, 6) is 0.216. The van der Waals surface area contributed by atoms with Gasteiger partial charge in [0.2, 0.25) is 0 Å². The molecule has 1 aromatic carbocycles. The molecule has 0 aliphatic heterocycles. The maximum Gasteiger partial charge on any atom is 0.256 e. The van der Waals surface area contributed by atoms with Gasteiger partial charge in [0.25, 0.3) is 5.91 Å². The van der Waals surface area contributed by atoms with Gasteiger partial charge in [-0.1, -0.05) is 12.1 Å². The van der Waals surface area contributed by atoms with Gasteiger partial charge >= 0.3 is 0 Å². The van der Waals surface area contributed by atoms with Crippen LogP contribution in [0.5, 0.6) is 0 Å². The Labute approximate surface area is 161 Å². The summed E-state index contributed by atoms with van der Waals surface area (Å²) in [6, 6.07) is 13.1. The van der Waals surface area contributed by atoms with Crippen LogP contribution >= 0.6 is 0 Å². The van der Waals surface area contributed by atoms with Crippen LogP contribution in [0.4, 0.5) is 5.82 Å². The molecule has 0 bridgehead atoms. The van der Waals surface area contributed by atoms with E-state index < -0.39 is 5.41 Å². The molecule has 3 aromatic heterocycles. The fraction of sp³-hybridized carbons (Fsp3) is 0.143. The van der Waals surface area contributed by atoms with Gasteiger partial charge in [0.05, 0.1) is 29.7 Å². The molecular formula is C21H18N6O. The third-order valence-electron chi connectivity index (χ3n) is 4.63. The first-order valence-electron chi connectivity index (χ1n) is 8.76. The Kier molecular flexibility index (Phi) is 4.17. The zero-order valence-corrected chi connectivity index (χ0v) is 15.5. The number of amides is 1. The van der Waals surface area contributed by atoms with E-state index in [2.05, 4.69) is 21.4 Å². The van der Waals surface area contributed by atoms with Crippen LogP contribution in [-0.2, 0) is 5.41 Å². The second-order valence-corrected chi connectivity index (χ2v) is 7.02. The second-order valence-electron chi connectivity index (χ2n) is 7.02. The Balaban J connectivity index is 1.54. The van der Waals surface area contributed by atoms with E-state index in [1.165, 1.54) is 0 Å². The van der Waals surface area contributed by atoms with Crippen LogP contribution in [0.15, 0.2) is 67.5 Å². The van der Waals surface area contributed by atoms with E-state index in [9.17, 15) is 10.1 Å². The topological polar surface area (TPSA) is 88.0 Å². The zero-order chi connectivity index (χ0) is 19.7. The number of imidazole rings is 2. The molecule has 28 heavy (non-hydrogen) atoms. The lowest BCUT2D eigenvalue weighted by atomic mass is 9.86. The summed E-state index contributed by atoms with van der Waals surface area (Å²) in [5, 5.41) is 12.0. The summed E-state index contributed by atoms with van der Waals surface area (Å²) in [6.07, 6.45) is 8.97. The summed E-state index contributed by atoms with van der Waals surface area (Å²) < 4.78 is 3.74. The largest absolute Gasteiger partial charge is 0.305 e. The number of nitriles is 1. The molecule has 7 heteroatoms. The smallest absolute Gasteiger partial charge is 0.256 e. The number of nitrogens with zero attached hydrogens (tertiary/aromatic N) is 5. The molecule has 0 atom stereocenters. The van der Waals surface area contributed by atoms with E-state index >= 15 is 0 Å². The Morgan fingerprint density at radius 3 is 2.61 bits per heavy atom. The van der Waals surface area contributed by atoms with Crippen molar-refractivity contribution >= 4 is 17.4 Å². The molecule has 0 unspecified atom stereocenters. The lowest BCUT2D eigenvalue weighted by Gasteiger charge is -2.15. The van der Waals surface area contributed by atoms with E-state index in [-0.39, 0.29) is 5.91 Å². The molecular weight excluding hydrogens is 352 g/mol. The Morgan fingerprint density at radius 2 is 1.93 bits per heavy atom. The van der Waals surface area contributed by atoms with Crippen LogP contribution in [0.25, 0.3) is 11.3 Å². The van der Waals surface area contributed by atoms with E-state index in [1.54, 1.807) is 43.0 Å². The zero-order valence-electron chi connectivity index (χ0n) is 15.5. The van der Waals surface area contributed by atoms with E-state index in [0.29, 0.717) is 11.4 Å². The molecule has 4 rings (SSSR count). The van der Waals surface area contributed by atoms with Gasteiger partial charge in [0.15, 0.2) is 5.82 Å². The summed E-state index contributed by atoms with van der Waals surface area (Å²) in [7, 11) is 0. The van der Waals surface area contributed by atoms with Gasteiger partial charge in [0.1, 0.15) is 5.65 Å². The highest BCUT2D eigenvalue weighted by Crippen LogP contribution is 2.22. The van der Waals surface area contributed by atoms with Gasteiger partial charge in [0, 0.05) is 24.2 Å². The van der Waals surface area contributed by atoms with Crippen molar-refractivity contribution in [2.45, 2.75) is 19.3 Å². The van der Waals surface area contributed by atoms with Crippen molar-refractivity contribution < 1.29 is 4.79 Å². The number of carbonyl (C=O) groups excluding carboxylic acids is 1. The lowest BCUT2D eigenvalue weighted by Crippen LogP contribution is -2.15. The van der Waals surface area contributed by atoms with Crippen LogP contribution in [-0.4, -0.2) is 24.8 Å². The minimum absolute atomic E-state index is 0.250. The number of anilines is 1. The van der Waals surface area contributed by atoms with Crippen molar-refractivity contribution in [2.75, 3.05) is 5.32 Å². The number of pyridine rings is 1. The minimum atomic E-state index is -0.594. The van der Waals surface area contributed by atoms with Gasteiger partial charge in [-0.05, 0) is 43.7 Å². The van der Waals surface area contributed by atoms with Gasteiger partial charge in [-0.25, -0.2) is 9.97 Å². The second kappa shape index (κ2) is 6.67. The number of aromatic nitrogens is 4. The minimum Gasteiger partial charge on any atom is -0.305 e. The number of hydrogen-bond acceptors (Lipinski definition) is 4. The first-order chi connectivity index (χ1) is 13.5. The normalized spacial score (nSPS) is 11.3. The first kappa shape index (κ1) is 17.5. The van der Waals surface area contributed by atoms with Crippen LogP contribution in [0.2, 0.25) is 0 Å². The van der Waals surface area contributed by atoms with Crippen molar-refractivity contribution in [1.82, 2.24) is 18.9 Å². The Hall–Kier alpha value is -3.92. The third kappa shape index (κ3) is 3.23. The highest BCUT2D eigenvalue weighted by atomic mass is 16.1. The van der Waals surface area contributed by atoms with Crippen molar-refractivity contribution in [1.29, 1.82) is 5.26 Å². The monoisotopic (exact) mass is 370 g/mol. The number of rotatable bonds is 4. The molecule has 138 valence electrons. The van der Waals surface area contributed by atoms with Gasteiger partial charge < -0.3 is 14.3 Å². The third-order valence-corrected chi connectivity index (χ3v) is 4.63. The fourth-order valence-electron chi connectivity index (χ4n) is 2.90. The number of carbonyl (C=O) groups is 1. The van der Waals surface area contributed by atoms with Crippen molar-refractivity contribution in [3.8, 4) is 11.8 Å². The number of benzene rings is 1. The summed E-state index contributed by atoms with van der Waals surface area (Å²) in [6.45, 7) is 3.69. The Bertz CT molecular complexity index is 1180. The van der Waals surface area contributed by atoms with Crippen molar-refractivity contribution in [2.24, 2.45) is 0 Å². The summed E-state index contributed by atoms with van der Waals surface area (Å²) in [5.41, 5.74) is 2.45. The van der Waals surface area contributed by atoms with Crippen molar-refractivity contribution in [3.05, 3.63) is 78.6 Å². The van der Waals surface area contributed by atoms with E-state index in [4.69, 9.17) is 0 Å². The van der Waals surface area contributed by atoms with E-state index in [1.807, 2.05) is 47.3 Å². The van der Waals surface area contributed by atoms with Gasteiger partial charge in [-0.2, -0.15) is 5.26 Å². The first-order valence-corrected chi connectivity index (χ1v) is 8.76. The van der Waals surface area contributed by atoms with Crippen LogP contribution < -0.4 is 5.32 Å². The number of nitrogens with one attached hydrogen (secondary N) is 1. The van der Waals surface area contributed by atoms with Gasteiger partial charge in [-0.3, -0.25) is 4.79 Å². The molecule has 4 aromatic rings. The number of hydrogen-bond donors (Lipinski definition) is 1. The lowest BCUT2D eigenvalue weighted by molar-refractivity contribution is 0.102. The van der Waals surface area contributed by atoms with Gasteiger partial charge in [-0.15, -0.1) is 0 Å². The molecule has 0 saturated carbocycles. The SMILES string of the molecule is CC(C)(C#N)c1ccc(C(=O)Nc2cn3cc(-n4ccnc4)ccc3n2)cc1. The summed E-state index contributed by atoms with van der Waals surface area (Å²) >= 11 is 0. The van der Waals surface area contributed by atoms with Crippen LogP contribution in [0.3, 0.4) is 0 Å². The van der Waals surface area contributed by atoms with E-state index in [0.717, 1.165) is 16.9 Å². The quantitative estimate of drug-likeness (QED) is 0.595. The Morgan fingerprint density at radius 1 is 1.14 bits per heavy atom. The molecule has 0 saturated heterocycles. The highest BCUT2D eigenvalue weighted by molar-refractivity contribution is 6.03. The molecule has 1 amide bonds. The fourth-order valence-corrected chi connectivity index (χ4v) is 2.90. The number of fused-ring (bicyclic) bond motifs is 1. The molecule has 0 radical (unpaired) electrons. The molecule has 0 fully saturated rings. The maximum absolute atomic E-state index is 12.5. The standard InChI is InChI=1S/C21H18N6O/c1-21(2,13-22)16-5-3-15(4-6-16)20(28)25-18-12-27-11-17(7-8-19(27)24-18)26-10-9-23-14-26/h3-12,14H,1-2H3,(H,25,28). The molecule has 1 N–H and O–H groups in total. The highest BCUT2D eigenvalue weighted by Gasteiger charge is 2.20. The summed E-state index contributed by atoms with van der Waals surface area (Å²) in [4.78, 5) is 21.0. The predicted molar refractivity (Wildman–Crippen MR) is 105 cm³/mol. The van der Waals surface area contributed by atoms with Crippen molar-refractivity contribution in [3.63, 3.8) is 0 Å². The average molecular weight is 370 g/mol. The predicted octanol–water partition coefficient (Wildman–Crippen LogP) is 3.57. The average Bonchev–Trinajstić information content (AvgIpc) is 3.37.